The number of rotatable bonds is 4. The van der Waals surface area contributed by atoms with Gasteiger partial charge in [-0.1, -0.05) is 0 Å². The van der Waals surface area contributed by atoms with E-state index in [1.54, 1.807) is 0 Å². The van der Waals surface area contributed by atoms with E-state index in [9.17, 15) is 0 Å². The maximum Gasteiger partial charge on any atom is 0.0640 e. The SMILES string of the molecule is CN(C)c1ccc(N(C)CCC#N)cc1. The summed E-state index contributed by atoms with van der Waals surface area (Å²) in [4.78, 5) is 4.15. The van der Waals surface area contributed by atoms with Crippen LogP contribution in [-0.2, 0) is 0 Å². The molecule has 0 aliphatic heterocycles. The normalized spacial score (nSPS) is 9.47. The van der Waals surface area contributed by atoms with Gasteiger partial charge >= 0.3 is 0 Å². The molecule has 0 saturated heterocycles. The Morgan fingerprint density at radius 1 is 1.07 bits per heavy atom. The highest BCUT2D eigenvalue weighted by molar-refractivity contribution is 5.55. The van der Waals surface area contributed by atoms with Crippen LogP contribution in [0.3, 0.4) is 0 Å². The summed E-state index contributed by atoms with van der Waals surface area (Å²) in [6.45, 7) is 0.776. The van der Waals surface area contributed by atoms with E-state index in [1.165, 1.54) is 5.69 Å². The van der Waals surface area contributed by atoms with Crippen molar-refractivity contribution >= 4 is 11.4 Å². The first-order chi connectivity index (χ1) is 7.15. The molecule has 0 amide bonds. The highest BCUT2D eigenvalue weighted by Crippen LogP contribution is 2.18. The summed E-state index contributed by atoms with van der Waals surface area (Å²) in [7, 11) is 6.05. The van der Waals surface area contributed by atoms with E-state index >= 15 is 0 Å². The van der Waals surface area contributed by atoms with Gasteiger partial charge < -0.3 is 9.80 Å². The summed E-state index contributed by atoms with van der Waals surface area (Å²) >= 11 is 0. The van der Waals surface area contributed by atoms with E-state index < -0.39 is 0 Å². The second-order valence-corrected chi connectivity index (χ2v) is 3.74. The molecule has 0 unspecified atom stereocenters. The van der Waals surface area contributed by atoms with Crippen LogP contribution >= 0.6 is 0 Å². The molecule has 1 aromatic rings. The quantitative estimate of drug-likeness (QED) is 0.750. The molecule has 1 rings (SSSR count). The van der Waals surface area contributed by atoms with E-state index in [-0.39, 0.29) is 0 Å². The summed E-state index contributed by atoms with van der Waals surface area (Å²) < 4.78 is 0. The largest absolute Gasteiger partial charge is 0.378 e. The van der Waals surface area contributed by atoms with Crippen molar-refractivity contribution in [3.63, 3.8) is 0 Å². The van der Waals surface area contributed by atoms with Gasteiger partial charge in [0.15, 0.2) is 0 Å². The lowest BCUT2D eigenvalue weighted by Gasteiger charge is -2.19. The minimum absolute atomic E-state index is 0.561. The fraction of sp³-hybridized carbons (Fsp3) is 0.417. The lowest BCUT2D eigenvalue weighted by molar-refractivity contribution is 0.905. The van der Waals surface area contributed by atoms with Crippen molar-refractivity contribution in [3.8, 4) is 6.07 Å². The molecule has 1 aromatic carbocycles. The first-order valence-electron chi connectivity index (χ1n) is 5.00. The van der Waals surface area contributed by atoms with Crippen molar-refractivity contribution in [2.75, 3.05) is 37.5 Å². The fourth-order valence-corrected chi connectivity index (χ4v) is 1.35. The van der Waals surface area contributed by atoms with Gasteiger partial charge in [0.2, 0.25) is 0 Å². The number of hydrogen-bond acceptors (Lipinski definition) is 3. The van der Waals surface area contributed by atoms with Gasteiger partial charge in [0.1, 0.15) is 0 Å². The van der Waals surface area contributed by atoms with Crippen molar-refractivity contribution in [1.29, 1.82) is 5.26 Å². The Balaban J connectivity index is 2.67. The van der Waals surface area contributed by atoms with Gasteiger partial charge in [0, 0.05) is 39.1 Å². The van der Waals surface area contributed by atoms with Crippen LogP contribution < -0.4 is 9.80 Å². The maximum absolute atomic E-state index is 8.50. The van der Waals surface area contributed by atoms with Gasteiger partial charge in [0.05, 0.1) is 12.5 Å². The minimum atomic E-state index is 0.561. The molecule has 15 heavy (non-hydrogen) atoms. The fourth-order valence-electron chi connectivity index (χ4n) is 1.35. The van der Waals surface area contributed by atoms with Crippen LogP contribution in [0.1, 0.15) is 6.42 Å². The lowest BCUT2D eigenvalue weighted by atomic mass is 10.2. The maximum atomic E-state index is 8.50. The Hall–Kier alpha value is -1.69. The van der Waals surface area contributed by atoms with E-state index in [1.807, 2.05) is 21.1 Å². The molecular weight excluding hydrogens is 186 g/mol. The molecule has 0 N–H and O–H groups in total. The minimum Gasteiger partial charge on any atom is -0.378 e. The third-order valence-electron chi connectivity index (χ3n) is 2.37. The average Bonchev–Trinajstić information content (AvgIpc) is 2.26. The van der Waals surface area contributed by atoms with E-state index in [2.05, 4.69) is 40.1 Å². The molecule has 0 fully saturated rings. The van der Waals surface area contributed by atoms with Crippen LogP contribution in [-0.4, -0.2) is 27.7 Å². The van der Waals surface area contributed by atoms with Crippen LogP contribution in [0.25, 0.3) is 0 Å². The Labute approximate surface area is 91.5 Å². The smallest absolute Gasteiger partial charge is 0.0640 e. The first kappa shape index (κ1) is 11.4. The average molecular weight is 203 g/mol. The molecule has 0 aromatic heterocycles. The molecule has 0 aliphatic rings. The Bertz CT molecular complexity index is 335. The molecule has 80 valence electrons. The van der Waals surface area contributed by atoms with E-state index in [0.717, 1.165) is 12.2 Å². The molecular formula is C12H17N3. The molecule has 0 saturated carbocycles. The molecule has 0 aliphatic carbocycles. The summed E-state index contributed by atoms with van der Waals surface area (Å²) in [5, 5.41) is 8.50. The highest BCUT2D eigenvalue weighted by atomic mass is 15.1. The number of hydrogen-bond donors (Lipinski definition) is 0. The van der Waals surface area contributed by atoms with Crippen LogP contribution in [0.4, 0.5) is 11.4 Å². The van der Waals surface area contributed by atoms with Crippen molar-refractivity contribution in [3.05, 3.63) is 24.3 Å². The second-order valence-electron chi connectivity index (χ2n) is 3.74. The molecule has 0 heterocycles. The van der Waals surface area contributed by atoms with Crippen molar-refractivity contribution in [2.45, 2.75) is 6.42 Å². The summed E-state index contributed by atoms with van der Waals surface area (Å²) in [6.07, 6.45) is 0.561. The summed E-state index contributed by atoms with van der Waals surface area (Å²) in [5.74, 6) is 0. The zero-order valence-corrected chi connectivity index (χ0v) is 9.57. The van der Waals surface area contributed by atoms with E-state index in [0.29, 0.717) is 6.42 Å². The topological polar surface area (TPSA) is 30.3 Å². The first-order valence-corrected chi connectivity index (χ1v) is 5.00. The second kappa shape index (κ2) is 5.26. The van der Waals surface area contributed by atoms with Crippen molar-refractivity contribution in [2.24, 2.45) is 0 Å². The lowest BCUT2D eigenvalue weighted by Crippen LogP contribution is -2.18. The van der Waals surface area contributed by atoms with Gasteiger partial charge in [-0.3, -0.25) is 0 Å². The monoisotopic (exact) mass is 203 g/mol. The Kier molecular flexibility index (Phi) is 3.99. The zero-order valence-electron chi connectivity index (χ0n) is 9.57. The van der Waals surface area contributed by atoms with E-state index in [4.69, 9.17) is 5.26 Å². The van der Waals surface area contributed by atoms with Crippen molar-refractivity contribution in [1.82, 2.24) is 0 Å². The molecule has 0 atom stereocenters. The van der Waals surface area contributed by atoms with Gasteiger partial charge in [-0.15, -0.1) is 0 Å². The number of nitrogens with zero attached hydrogens (tertiary/aromatic N) is 3. The molecule has 0 bridgehead atoms. The molecule has 0 radical (unpaired) electrons. The number of anilines is 2. The van der Waals surface area contributed by atoms with Crippen molar-refractivity contribution < 1.29 is 0 Å². The van der Waals surface area contributed by atoms with Gasteiger partial charge in [-0.25, -0.2) is 0 Å². The predicted molar refractivity (Wildman–Crippen MR) is 64.3 cm³/mol. The molecule has 3 heteroatoms. The van der Waals surface area contributed by atoms with Gasteiger partial charge in [-0.2, -0.15) is 5.26 Å². The predicted octanol–water partition coefficient (Wildman–Crippen LogP) is 2.10. The molecule has 3 nitrogen and oxygen atoms in total. The van der Waals surface area contributed by atoms with Gasteiger partial charge in [-0.05, 0) is 24.3 Å². The van der Waals surface area contributed by atoms with Crippen LogP contribution in [0.15, 0.2) is 24.3 Å². The Morgan fingerprint density at radius 2 is 1.60 bits per heavy atom. The van der Waals surface area contributed by atoms with Crippen LogP contribution in [0, 0.1) is 11.3 Å². The highest BCUT2D eigenvalue weighted by Gasteiger charge is 2.00. The standard InChI is InChI=1S/C12H17N3/c1-14(2)11-5-7-12(8-6-11)15(3)10-4-9-13/h5-8H,4,10H2,1-3H3. The van der Waals surface area contributed by atoms with Crippen LogP contribution in [0.2, 0.25) is 0 Å². The van der Waals surface area contributed by atoms with Crippen LogP contribution in [0.5, 0.6) is 0 Å². The third-order valence-corrected chi connectivity index (χ3v) is 2.37. The Morgan fingerprint density at radius 3 is 2.07 bits per heavy atom. The number of benzene rings is 1. The molecule has 0 spiro atoms. The van der Waals surface area contributed by atoms with Gasteiger partial charge in [0.25, 0.3) is 0 Å². The zero-order chi connectivity index (χ0) is 11.3. The number of nitriles is 1. The summed E-state index contributed by atoms with van der Waals surface area (Å²) in [6, 6.07) is 10.5. The summed E-state index contributed by atoms with van der Waals surface area (Å²) in [5.41, 5.74) is 2.34. The third kappa shape index (κ3) is 3.17.